The standard InChI is InChI=1S/C15H25NO3S/c1-15(12-17)5-3-6-16(11-15)8-13(18)9-19-10-14-4-2-7-20-14/h2,4,7,13,17-18H,3,5-6,8-12H2,1H3. The number of β-amino-alcohol motifs (C(OH)–C–C–N with tert-alkyl or cyclic N) is 1. The lowest BCUT2D eigenvalue weighted by Crippen LogP contribution is -2.46. The molecule has 114 valence electrons. The SMILES string of the molecule is CC1(CO)CCCN(CC(O)COCc2cccs2)C1. The van der Waals surface area contributed by atoms with Crippen molar-refractivity contribution < 1.29 is 14.9 Å². The van der Waals surface area contributed by atoms with Crippen LogP contribution in [0.3, 0.4) is 0 Å². The summed E-state index contributed by atoms with van der Waals surface area (Å²) in [6, 6.07) is 4.04. The number of aliphatic hydroxyl groups is 2. The van der Waals surface area contributed by atoms with Crippen molar-refractivity contribution in [2.75, 3.05) is 32.8 Å². The zero-order chi connectivity index (χ0) is 14.4. The van der Waals surface area contributed by atoms with Crippen LogP contribution < -0.4 is 0 Å². The van der Waals surface area contributed by atoms with Gasteiger partial charge in [0.25, 0.3) is 0 Å². The van der Waals surface area contributed by atoms with Gasteiger partial charge in [-0.05, 0) is 30.8 Å². The van der Waals surface area contributed by atoms with Crippen LogP contribution >= 0.6 is 11.3 Å². The Kier molecular flexibility index (Phi) is 5.99. The number of aliphatic hydroxyl groups excluding tert-OH is 2. The maximum atomic E-state index is 10.0. The first kappa shape index (κ1) is 15.9. The summed E-state index contributed by atoms with van der Waals surface area (Å²) in [5.74, 6) is 0. The lowest BCUT2D eigenvalue weighted by molar-refractivity contribution is -0.0143. The summed E-state index contributed by atoms with van der Waals surface area (Å²) in [6.07, 6.45) is 1.68. The monoisotopic (exact) mass is 299 g/mol. The van der Waals surface area contributed by atoms with Gasteiger partial charge in [-0.2, -0.15) is 0 Å². The largest absolute Gasteiger partial charge is 0.396 e. The average molecular weight is 299 g/mol. The predicted octanol–water partition coefficient (Wildman–Crippen LogP) is 1.72. The molecule has 1 fully saturated rings. The maximum absolute atomic E-state index is 10.0. The molecule has 2 atom stereocenters. The molecule has 2 rings (SSSR count). The molecule has 0 aromatic carbocycles. The molecule has 0 bridgehead atoms. The first-order valence-electron chi connectivity index (χ1n) is 7.23. The van der Waals surface area contributed by atoms with E-state index in [9.17, 15) is 10.2 Å². The van der Waals surface area contributed by atoms with E-state index in [-0.39, 0.29) is 12.0 Å². The molecule has 2 heterocycles. The van der Waals surface area contributed by atoms with Crippen molar-refractivity contribution in [3.8, 4) is 0 Å². The van der Waals surface area contributed by atoms with Crippen LogP contribution in [0.15, 0.2) is 17.5 Å². The Balaban J connectivity index is 1.67. The highest BCUT2D eigenvalue weighted by atomic mass is 32.1. The van der Waals surface area contributed by atoms with Gasteiger partial charge in [0.05, 0.1) is 19.3 Å². The Labute approximate surface area is 125 Å². The molecule has 1 aliphatic rings. The smallest absolute Gasteiger partial charge is 0.0900 e. The molecule has 0 radical (unpaired) electrons. The number of ether oxygens (including phenoxy) is 1. The second-order valence-electron chi connectivity index (χ2n) is 6.06. The van der Waals surface area contributed by atoms with Gasteiger partial charge in [0, 0.05) is 30.0 Å². The van der Waals surface area contributed by atoms with Gasteiger partial charge in [0.15, 0.2) is 0 Å². The van der Waals surface area contributed by atoms with E-state index in [1.165, 1.54) is 4.88 Å². The Bertz CT molecular complexity index is 384. The van der Waals surface area contributed by atoms with E-state index in [1.807, 2.05) is 17.5 Å². The fourth-order valence-corrected chi connectivity index (χ4v) is 3.39. The second kappa shape index (κ2) is 7.52. The highest BCUT2D eigenvalue weighted by Crippen LogP contribution is 2.28. The van der Waals surface area contributed by atoms with Crippen LogP contribution in [-0.4, -0.2) is 54.1 Å². The van der Waals surface area contributed by atoms with Crippen molar-refractivity contribution in [1.29, 1.82) is 0 Å². The lowest BCUT2D eigenvalue weighted by atomic mass is 9.83. The molecule has 0 saturated carbocycles. The van der Waals surface area contributed by atoms with Crippen molar-refractivity contribution in [2.45, 2.75) is 32.5 Å². The number of hydrogen-bond donors (Lipinski definition) is 2. The van der Waals surface area contributed by atoms with Crippen molar-refractivity contribution in [3.63, 3.8) is 0 Å². The molecule has 0 spiro atoms. The van der Waals surface area contributed by atoms with E-state index in [1.54, 1.807) is 11.3 Å². The van der Waals surface area contributed by atoms with Crippen LogP contribution in [0.2, 0.25) is 0 Å². The van der Waals surface area contributed by atoms with Gasteiger partial charge in [-0.1, -0.05) is 13.0 Å². The Morgan fingerprint density at radius 2 is 2.40 bits per heavy atom. The van der Waals surface area contributed by atoms with Crippen molar-refractivity contribution in [1.82, 2.24) is 4.90 Å². The molecule has 0 aliphatic carbocycles. The molecular formula is C15H25NO3S. The summed E-state index contributed by atoms with van der Waals surface area (Å²) >= 11 is 1.67. The van der Waals surface area contributed by atoms with Crippen LogP contribution in [0.25, 0.3) is 0 Å². The molecule has 2 unspecified atom stereocenters. The highest BCUT2D eigenvalue weighted by molar-refractivity contribution is 7.09. The Morgan fingerprint density at radius 1 is 1.55 bits per heavy atom. The van der Waals surface area contributed by atoms with Gasteiger partial charge in [-0.25, -0.2) is 0 Å². The van der Waals surface area contributed by atoms with E-state index in [4.69, 9.17) is 4.74 Å². The molecule has 5 heteroatoms. The molecule has 1 saturated heterocycles. The van der Waals surface area contributed by atoms with Crippen LogP contribution in [0, 0.1) is 5.41 Å². The molecule has 4 nitrogen and oxygen atoms in total. The van der Waals surface area contributed by atoms with Crippen LogP contribution in [0.1, 0.15) is 24.6 Å². The number of likely N-dealkylation sites (tertiary alicyclic amines) is 1. The summed E-state index contributed by atoms with van der Waals surface area (Å²) in [7, 11) is 0. The molecule has 2 N–H and O–H groups in total. The van der Waals surface area contributed by atoms with E-state index in [2.05, 4.69) is 11.8 Å². The Morgan fingerprint density at radius 3 is 3.10 bits per heavy atom. The van der Waals surface area contributed by atoms with Gasteiger partial charge >= 0.3 is 0 Å². The highest BCUT2D eigenvalue weighted by Gasteiger charge is 2.30. The van der Waals surface area contributed by atoms with E-state index >= 15 is 0 Å². The quantitative estimate of drug-likeness (QED) is 0.805. The first-order chi connectivity index (χ1) is 9.61. The molecule has 1 aromatic heterocycles. The van der Waals surface area contributed by atoms with Crippen LogP contribution in [-0.2, 0) is 11.3 Å². The summed E-state index contributed by atoms with van der Waals surface area (Å²) in [6.45, 7) is 5.74. The van der Waals surface area contributed by atoms with E-state index in [0.29, 0.717) is 19.8 Å². The molecule has 1 aromatic rings. The minimum Gasteiger partial charge on any atom is -0.396 e. The molecule has 1 aliphatic heterocycles. The number of hydrogen-bond acceptors (Lipinski definition) is 5. The van der Waals surface area contributed by atoms with Gasteiger partial charge in [-0.15, -0.1) is 11.3 Å². The fourth-order valence-electron chi connectivity index (χ4n) is 2.75. The van der Waals surface area contributed by atoms with Crippen LogP contribution in [0.4, 0.5) is 0 Å². The fraction of sp³-hybridized carbons (Fsp3) is 0.733. The normalized spacial score (nSPS) is 25.8. The number of piperidine rings is 1. The topological polar surface area (TPSA) is 52.9 Å². The van der Waals surface area contributed by atoms with Gasteiger partial charge < -0.3 is 19.8 Å². The first-order valence-corrected chi connectivity index (χ1v) is 8.11. The maximum Gasteiger partial charge on any atom is 0.0900 e. The van der Waals surface area contributed by atoms with Crippen LogP contribution in [0.5, 0.6) is 0 Å². The second-order valence-corrected chi connectivity index (χ2v) is 7.09. The Hall–Kier alpha value is -0.460. The summed E-state index contributed by atoms with van der Waals surface area (Å²) in [5, 5.41) is 21.5. The minimum atomic E-state index is -0.462. The summed E-state index contributed by atoms with van der Waals surface area (Å²) in [4.78, 5) is 3.42. The van der Waals surface area contributed by atoms with Crippen molar-refractivity contribution in [3.05, 3.63) is 22.4 Å². The zero-order valence-electron chi connectivity index (χ0n) is 12.1. The average Bonchev–Trinajstić information content (AvgIpc) is 2.92. The summed E-state index contributed by atoms with van der Waals surface area (Å²) < 4.78 is 5.54. The minimum absolute atomic E-state index is 0.0181. The third-order valence-electron chi connectivity index (χ3n) is 3.85. The van der Waals surface area contributed by atoms with Gasteiger partial charge in [0.2, 0.25) is 0 Å². The predicted molar refractivity (Wildman–Crippen MR) is 80.8 cm³/mol. The molecule has 0 amide bonds. The lowest BCUT2D eigenvalue weighted by Gasteiger charge is -2.40. The third kappa shape index (κ3) is 4.82. The molecular weight excluding hydrogens is 274 g/mol. The number of thiophene rings is 1. The van der Waals surface area contributed by atoms with Crippen molar-refractivity contribution >= 4 is 11.3 Å². The van der Waals surface area contributed by atoms with E-state index < -0.39 is 6.10 Å². The molecule has 20 heavy (non-hydrogen) atoms. The third-order valence-corrected chi connectivity index (χ3v) is 4.70. The summed E-state index contributed by atoms with van der Waals surface area (Å²) in [5.41, 5.74) is -0.0181. The zero-order valence-corrected chi connectivity index (χ0v) is 12.9. The van der Waals surface area contributed by atoms with Gasteiger partial charge in [0.1, 0.15) is 0 Å². The van der Waals surface area contributed by atoms with E-state index in [0.717, 1.165) is 25.9 Å². The number of nitrogens with zero attached hydrogens (tertiary/aromatic N) is 1. The van der Waals surface area contributed by atoms with Gasteiger partial charge in [-0.3, -0.25) is 0 Å². The van der Waals surface area contributed by atoms with Crippen molar-refractivity contribution in [2.24, 2.45) is 5.41 Å². The number of rotatable bonds is 7.